The summed E-state index contributed by atoms with van der Waals surface area (Å²) in [5.74, 6) is -0.402. The molecule has 0 spiro atoms. The summed E-state index contributed by atoms with van der Waals surface area (Å²) < 4.78 is 40.7. The number of aromatic nitrogens is 1. The summed E-state index contributed by atoms with van der Waals surface area (Å²) in [5, 5.41) is 0.545. The Labute approximate surface area is 128 Å². The zero-order valence-electron chi connectivity index (χ0n) is 11.9. The first kappa shape index (κ1) is 14.7. The van der Waals surface area contributed by atoms with Gasteiger partial charge in [0.05, 0.1) is 0 Å². The zero-order chi connectivity index (χ0) is 15.7. The molecule has 22 heavy (non-hydrogen) atoms. The monoisotopic (exact) mass is 318 g/mol. The molecule has 0 saturated heterocycles. The van der Waals surface area contributed by atoms with E-state index in [0.717, 1.165) is 5.56 Å². The molecule has 4 nitrogen and oxygen atoms in total. The van der Waals surface area contributed by atoms with E-state index in [1.807, 2.05) is 30.3 Å². The minimum Gasteiger partial charge on any atom is -0.345 e. The smallest absolute Gasteiger partial charge is 0.256 e. The molecule has 3 aromatic rings. The van der Waals surface area contributed by atoms with Crippen molar-refractivity contribution in [3.8, 4) is 0 Å². The number of fused-ring (bicyclic) bond motifs is 1. The Morgan fingerprint density at radius 3 is 2.55 bits per heavy atom. The summed E-state index contributed by atoms with van der Waals surface area (Å²) in [6, 6.07) is 14.5. The number of H-pyrrole nitrogens is 1. The quantitative estimate of drug-likeness (QED) is 0.775. The van der Waals surface area contributed by atoms with Crippen molar-refractivity contribution in [2.45, 2.75) is 18.0 Å². The van der Waals surface area contributed by atoms with Crippen molar-refractivity contribution in [1.82, 2.24) is 9.71 Å². The second kappa shape index (κ2) is 5.55. The van der Waals surface area contributed by atoms with E-state index in [1.54, 1.807) is 6.92 Å². The molecule has 1 aromatic heterocycles. The third kappa shape index (κ3) is 2.88. The molecule has 1 atom stereocenters. The van der Waals surface area contributed by atoms with Gasteiger partial charge < -0.3 is 4.98 Å². The van der Waals surface area contributed by atoms with Crippen molar-refractivity contribution in [2.75, 3.05) is 0 Å². The Morgan fingerprint density at radius 2 is 1.82 bits per heavy atom. The van der Waals surface area contributed by atoms with Crippen LogP contribution in [-0.4, -0.2) is 13.4 Å². The molecule has 0 unspecified atom stereocenters. The lowest BCUT2D eigenvalue weighted by molar-refractivity contribution is 0.564. The van der Waals surface area contributed by atoms with Gasteiger partial charge in [0.2, 0.25) is 0 Å². The van der Waals surface area contributed by atoms with Crippen molar-refractivity contribution < 1.29 is 12.8 Å². The SMILES string of the molecule is C[C@H](NS(=O)(=O)c1cc2cc(F)ccc2[nH]1)c1ccccc1. The van der Waals surface area contributed by atoms with Gasteiger partial charge in [-0.25, -0.2) is 17.5 Å². The van der Waals surface area contributed by atoms with Crippen LogP contribution in [0, 0.1) is 5.82 Å². The highest BCUT2D eigenvalue weighted by atomic mass is 32.2. The average Bonchev–Trinajstić information content (AvgIpc) is 2.91. The van der Waals surface area contributed by atoms with Crippen LogP contribution in [0.5, 0.6) is 0 Å². The molecule has 114 valence electrons. The van der Waals surface area contributed by atoms with Crippen LogP contribution in [0.1, 0.15) is 18.5 Å². The van der Waals surface area contributed by atoms with Crippen molar-refractivity contribution in [1.29, 1.82) is 0 Å². The second-order valence-corrected chi connectivity index (χ2v) is 6.80. The molecule has 2 N–H and O–H groups in total. The van der Waals surface area contributed by atoms with Gasteiger partial charge in [0.15, 0.2) is 0 Å². The number of aromatic amines is 1. The summed E-state index contributed by atoms with van der Waals surface area (Å²) in [7, 11) is -3.71. The standard InChI is InChI=1S/C16H15FN2O2S/c1-11(12-5-3-2-4-6-12)19-22(20,21)16-10-13-9-14(17)7-8-15(13)18-16/h2-11,18-19H,1H3/t11-/m0/s1. The van der Waals surface area contributed by atoms with Crippen LogP contribution in [-0.2, 0) is 10.0 Å². The summed E-state index contributed by atoms with van der Waals surface area (Å²) in [6.45, 7) is 1.77. The van der Waals surface area contributed by atoms with Gasteiger partial charge in [-0.1, -0.05) is 30.3 Å². The van der Waals surface area contributed by atoms with Crippen LogP contribution >= 0.6 is 0 Å². The maximum atomic E-state index is 13.2. The Bertz CT molecular complexity index is 904. The third-order valence-corrected chi connectivity index (χ3v) is 4.94. The van der Waals surface area contributed by atoms with Gasteiger partial charge in [0.1, 0.15) is 10.8 Å². The van der Waals surface area contributed by atoms with Gasteiger partial charge in [-0.15, -0.1) is 0 Å². The Kier molecular flexibility index (Phi) is 3.72. The zero-order valence-corrected chi connectivity index (χ0v) is 12.7. The van der Waals surface area contributed by atoms with Crippen molar-refractivity contribution in [3.05, 3.63) is 66.0 Å². The topological polar surface area (TPSA) is 62.0 Å². The van der Waals surface area contributed by atoms with E-state index >= 15 is 0 Å². The molecule has 3 rings (SSSR count). The highest BCUT2D eigenvalue weighted by Crippen LogP contribution is 2.21. The minimum absolute atomic E-state index is 0.0240. The predicted molar refractivity (Wildman–Crippen MR) is 83.4 cm³/mol. The molecule has 1 heterocycles. The Hall–Kier alpha value is -2.18. The van der Waals surface area contributed by atoms with Crippen LogP contribution in [0.25, 0.3) is 10.9 Å². The number of sulfonamides is 1. The highest BCUT2D eigenvalue weighted by Gasteiger charge is 2.20. The number of nitrogens with one attached hydrogen (secondary N) is 2. The molecule has 6 heteroatoms. The second-order valence-electron chi connectivity index (χ2n) is 5.12. The first-order valence-electron chi connectivity index (χ1n) is 6.81. The fourth-order valence-corrected chi connectivity index (χ4v) is 3.58. The fraction of sp³-hybridized carbons (Fsp3) is 0.125. The maximum Gasteiger partial charge on any atom is 0.256 e. The van der Waals surface area contributed by atoms with Gasteiger partial charge in [-0.2, -0.15) is 0 Å². The van der Waals surface area contributed by atoms with Gasteiger partial charge in [0, 0.05) is 16.9 Å². The van der Waals surface area contributed by atoms with E-state index in [0.29, 0.717) is 10.9 Å². The fourth-order valence-electron chi connectivity index (χ4n) is 2.33. The summed E-state index contributed by atoms with van der Waals surface area (Å²) in [4.78, 5) is 2.80. The molecule has 0 aliphatic carbocycles. The van der Waals surface area contributed by atoms with E-state index in [2.05, 4.69) is 9.71 Å². The Balaban J connectivity index is 1.91. The number of halogens is 1. The maximum absolute atomic E-state index is 13.2. The van der Waals surface area contributed by atoms with Crippen LogP contribution in [0.3, 0.4) is 0 Å². The normalized spacial score (nSPS) is 13.4. The van der Waals surface area contributed by atoms with E-state index in [9.17, 15) is 12.8 Å². The lowest BCUT2D eigenvalue weighted by atomic mass is 10.1. The van der Waals surface area contributed by atoms with Crippen LogP contribution in [0.2, 0.25) is 0 Å². The first-order valence-corrected chi connectivity index (χ1v) is 8.29. The summed E-state index contributed by atoms with van der Waals surface area (Å²) >= 11 is 0. The van der Waals surface area contributed by atoms with Crippen molar-refractivity contribution >= 4 is 20.9 Å². The third-order valence-electron chi connectivity index (χ3n) is 3.48. The van der Waals surface area contributed by atoms with Crippen molar-refractivity contribution in [2.24, 2.45) is 0 Å². The summed E-state index contributed by atoms with van der Waals surface area (Å²) in [5.41, 5.74) is 1.45. The van der Waals surface area contributed by atoms with Crippen LogP contribution in [0.15, 0.2) is 59.6 Å². The molecular weight excluding hydrogens is 303 g/mol. The molecular formula is C16H15FN2O2S. The minimum atomic E-state index is -3.71. The highest BCUT2D eigenvalue weighted by molar-refractivity contribution is 7.89. The lowest BCUT2D eigenvalue weighted by Gasteiger charge is -2.13. The van der Waals surface area contributed by atoms with E-state index in [1.165, 1.54) is 24.3 Å². The molecule has 0 bridgehead atoms. The number of rotatable bonds is 4. The van der Waals surface area contributed by atoms with Gasteiger partial charge in [0.25, 0.3) is 10.0 Å². The van der Waals surface area contributed by atoms with Gasteiger partial charge >= 0.3 is 0 Å². The summed E-state index contributed by atoms with van der Waals surface area (Å²) in [6.07, 6.45) is 0. The van der Waals surface area contributed by atoms with E-state index < -0.39 is 15.8 Å². The average molecular weight is 318 g/mol. The number of hydrogen-bond donors (Lipinski definition) is 2. The number of benzene rings is 2. The van der Waals surface area contributed by atoms with Gasteiger partial charge in [-0.3, -0.25) is 0 Å². The molecule has 0 fully saturated rings. The number of hydrogen-bond acceptors (Lipinski definition) is 2. The largest absolute Gasteiger partial charge is 0.345 e. The van der Waals surface area contributed by atoms with E-state index in [4.69, 9.17) is 0 Å². The Morgan fingerprint density at radius 1 is 1.09 bits per heavy atom. The van der Waals surface area contributed by atoms with Crippen LogP contribution in [0.4, 0.5) is 4.39 Å². The molecule has 0 aliphatic rings. The van der Waals surface area contributed by atoms with Gasteiger partial charge in [-0.05, 0) is 36.8 Å². The molecule has 0 amide bonds. The molecule has 0 saturated carbocycles. The molecule has 0 aliphatic heterocycles. The lowest BCUT2D eigenvalue weighted by Crippen LogP contribution is -2.27. The molecule has 0 radical (unpaired) electrons. The first-order chi connectivity index (χ1) is 10.5. The molecule has 2 aromatic carbocycles. The van der Waals surface area contributed by atoms with E-state index in [-0.39, 0.29) is 11.1 Å². The van der Waals surface area contributed by atoms with Crippen molar-refractivity contribution in [3.63, 3.8) is 0 Å². The van der Waals surface area contributed by atoms with Crippen LogP contribution < -0.4 is 4.72 Å². The predicted octanol–water partition coefficient (Wildman–Crippen LogP) is 3.35.